The molecule has 2 aliphatic carbocycles. The van der Waals surface area contributed by atoms with E-state index in [1.165, 1.54) is 0 Å². The van der Waals surface area contributed by atoms with Crippen molar-refractivity contribution in [3.05, 3.63) is 0 Å². The van der Waals surface area contributed by atoms with Crippen molar-refractivity contribution in [1.29, 1.82) is 5.26 Å². The van der Waals surface area contributed by atoms with Crippen LogP contribution in [0.3, 0.4) is 0 Å². The average Bonchev–Trinajstić information content (AvgIpc) is 3.06. The number of nitriles is 1. The topological polar surface area (TPSA) is 70.5 Å². The quantitative estimate of drug-likeness (QED) is 0.660. The van der Waals surface area contributed by atoms with Gasteiger partial charge in [0.05, 0.1) is 12.0 Å². The zero-order valence-electron chi connectivity index (χ0n) is 10.7. The van der Waals surface area contributed by atoms with Gasteiger partial charge < -0.3 is 4.74 Å². The summed E-state index contributed by atoms with van der Waals surface area (Å²) in [4.78, 5) is 23.4. The van der Waals surface area contributed by atoms with Crippen LogP contribution in [0.25, 0.3) is 0 Å². The summed E-state index contributed by atoms with van der Waals surface area (Å²) in [6, 6.07) is 2.35. The molecule has 1 spiro atoms. The van der Waals surface area contributed by atoms with Gasteiger partial charge in [-0.2, -0.15) is 5.26 Å². The fraction of sp³-hybridized carbons (Fsp3) is 0.786. The van der Waals surface area contributed by atoms with E-state index in [0.29, 0.717) is 25.7 Å². The SMILES string of the molecule is CC(=O)[C@H]1C[C@H](C#N)[C@@]2(C)CCC(=O)[C@@H]3O[C@@]32C1. The molecule has 0 aromatic carbocycles. The molecule has 0 unspecified atom stereocenters. The largest absolute Gasteiger partial charge is 0.357 e. The van der Waals surface area contributed by atoms with Gasteiger partial charge in [-0.25, -0.2) is 0 Å². The number of nitrogens with zero attached hydrogens (tertiary/aromatic N) is 1. The van der Waals surface area contributed by atoms with E-state index in [9.17, 15) is 14.9 Å². The van der Waals surface area contributed by atoms with Crippen molar-refractivity contribution in [2.75, 3.05) is 0 Å². The Labute approximate surface area is 106 Å². The van der Waals surface area contributed by atoms with Crippen LogP contribution in [0.5, 0.6) is 0 Å². The Hall–Kier alpha value is -1.21. The highest BCUT2D eigenvalue weighted by molar-refractivity contribution is 5.89. The third kappa shape index (κ3) is 1.23. The third-order valence-electron chi connectivity index (χ3n) is 5.41. The Bertz CT molecular complexity index is 480. The van der Waals surface area contributed by atoms with Crippen LogP contribution in [-0.2, 0) is 14.3 Å². The lowest BCUT2D eigenvalue weighted by atomic mass is 9.53. The highest BCUT2D eigenvalue weighted by Gasteiger charge is 2.75. The number of hydrogen-bond donors (Lipinski definition) is 0. The molecule has 3 fully saturated rings. The molecule has 18 heavy (non-hydrogen) atoms. The van der Waals surface area contributed by atoms with Gasteiger partial charge in [-0.05, 0) is 26.2 Å². The third-order valence-corrected chi connectivity index (χ3v) is 5.41. The van der Waals surface area contributed by atoms with Gasteiger partial charge in [0.1, 0.15) is 17.5 Å². The Morgan fingerprint density at radius 1 is 1.56 bits per heavy atom. The van der Waals surface area contributed by atoms with E-state index in [0.717, 1.165) is 0 Å². The summed E-state index contributed by atoms with van der Waals surface area (Å²) in [6.07, 6.45) is 2.10. The summed E-state index contributed by atoms with van der Waals surface area (Å²) < 4.78 is 5.74. The van der Waals surface area contributed by atoms with E-state index < -0.39 is 5.60 Å². The Kier molecular flexibility index (Phi) is 2.25. The minimum absolute atomic E-state index is 0.110. The second-order valence-electron chi connectivity index (χ2n) is 6.20. The monoisotopic (exact) mass is 247 g/mol. The van der Waals surface area contributed by atoms with Crippen molar-refractivity contribution in [1.82, 2.24) is 0 Å². The highest BCUT2D eigenvalue weighted by atomic mass is 16.6. The maximum absolute atomic E-state index is 11.8. The predicted octanol–water partition coefficient (Wildman–Crippen LogP) is 1.63. The summed E-state index contributed by atoms with van der Waals surface area (Å²) >= 11 is 0. The molecule has 5 atom stereocenters. The first-order chi connectivity index (χ1) is 8.44. The lowest BCUT2D eigenvalue weighted by Crippen LogP contribution is -2.53. The number of epoxide rings is 1. The minimum atomic E-state index is -0.517. The molecular weight excluding hydrogens is 230 g/mol. The van der Waals surface area contributed by atoms with Crippen LogP contribution < -0.4 is 0 Å². The van der Waals surface area contributed by atoms with Crippen molar-refractivity contribution in [3.63, 3.8) is 0 Å². The Balaban J connectivity index is 2.00. The summed E-state index contributed by atoms with van der Waals surface area (Å²) in [5.41, 5.74) is -0.774. The van der Waals surface area contributed by atoms with Gasteiger partial charge in [-0.3, -0.25) is 9.59 Å². The van der Waals surface area contributed by atoms with E-state index in [2.05, 4.69) is 13.0 Å². The number of ketones is 2. The number of hydrogen-bond acceptors (Lipinski definition) is 4. The molecule has 1 heterocycles. The number of carbonyl (C=O) groups excluding carboxylic acids is 2. The second kappa shape index (κ2) is 3.42. The number of ether oxygens (including phenoxy) is 1. The molecule has 0 amide bonds. The summed E-state index contributed by atoms with van der Waals surface area (Å²) in [6.45, 7) is 3.63. The molecule has 0 bridgehead atoms. The summed E-state index contributed by atoms with van der Waals surface area (Å²) in [7, 11) is 0. The molecule has 3 rings (SSSR count). The van der Waals surface area contributed by atoms with Crippen LogP contribution in [-0.4, -0.2) is 23.3 Å². The minimum Gasteiger partial charge on any atom is -0.357 e. The lowest BCUT2D eigenvalue weighted by Gasteiger charge is -2.47. The number of carbonyl (C=O) groups is 2. The van der Waals surface area contributed by atoms with Gasteiger partial charge in [-0.15, -0.1) is 0 Å². The molecule has 4 nitrogen and oxygen atoms in total. The fourth-order valence-corrected chi connectivity index (χ4v) is 4.02. The predicted molar refractivity (Wildman–Crippen MR) is 62.5 cm³/mol. The van der Waals surface area contributed by atoms with Gasteiger partial charge in [-0.1, -0.05) is 6.92 Å². The average molecular weight is 247 g/mol. The van der Waals surface area contributed by atoms with Gasteiger partial charge in [0.25, 0.3) is 0 Å². The van der Waals surface area contributed by atoms with Crippen LogP contribution >= 0.6 is 0 Å². The molecule has 2 saturated carbocycles. The van der Waals surface area contributed by atoms with Gasteiger partial charge in [0.2, 0.25) is 0 Å². The second-order valence-corrected chi connectivity index (χ2v) is 6.20. The van der Waals surface area contributed by atoms with Crippen LogP contribution in [0.15, 0.2) is 0 Å². The van der Waals surface area contributed by atoms with Crippen molar-refractivity contribution in [2.24, 2.45) is 17.3 Å². The molecule has 1 aliphatic heterocycles. The first kappa shape index (κ1) is 11.9. The molecule has 3 aliphatic rings. The van der Waals surface area contributed by atoms with E-state index in [4.69, 9.17) is 4.74 Å². The zero-order valence-corrected chi connectivity index (χ0v) is 10.7. The molecule has 0 N–H and O–H groups in total. The molecule has 4 heteroatoms. The Morgan fingerprint density at radius 3 is 2.89 bits per heavy atom. The van der Waals surface area contributed by atoms with Crippen LogP contribution in [0, 0.1) is 28.6 Å². The highest BCUT2D eigenvalue weighted by Crippen LogP contribution is 2.66. The van der Waals surface area contributed by atoms with Gasteiger partial charge >= 0.3 is 0 Å². The first-order valence-corrected chi connectivity index (χ1v) is 6.55. The zero-order chi connectivity index (χ0) is 13.1. The number of rotatable bonds is 1. The van der Waals surface area contributed by atoms with Crippen molar-refractivity contribution >= 4 is 11.6 Å². The molecule has 0 aromatic rings. The normalized spacial score (nSPS) is 49.8. The van der Waals surface area contributed by atoms with E-state index in [1.807, 2.05) is 0 Å². The number of Topliss-reactive ketones (excluding diaryl/α,β-unsaturated/α-hetero) is 2. The smallest absolute Gasteiger partial charge is 0.164 e. The maximum atomic E-state index is 11.8. The van der Waals surface area contributed by atoms with Crippen LogP contribution in [0.2, 0.25) is 0 Å². The van der Waals surface area contributed by atoms with Gasteiger partial charge in [0.15, 0.2) is 5.78 Å². The molecule has 96 valence electrons. The first-order valence-electron chi connectivity index (χ1n) is 6.55. The van der Waals surface area contributed by atoms with E-state index in [1.54, 1.807) is 6.92 Å². The Morgan fingerprint density at radius 2 is 2.28 bits per heavy atom. The van der Waals surface area contributed by atoms with Gasteiger partial charge in [0, 0.05) is 17.8 Å². The summed E-state index contributed by atoms with van der Waals surface area (Å²) in [5, 5.41) is 9.39. The van der Waals surface area contributed by atoms with Crippen molar-refractivity contribution < 1.29 is 14.3 Å². The molecule has 1 saturated heterocycles. The van der Waals surface area contributed by atoms with Crippen molar-refractivity contribution in [2.45, 2.75) is 51.2 Å². The standard InChI is InChI=1S/C14H17NO3/c1-8(16)9-5-10(7-15)13(2)4-3-11(17)12-14(13,6-9)18-12/h9-10,12H,3-6H2,1-2H3/t9-,10+,12-,13+,14-/m0/s1. The molecule has 0 radical (unpaired) electrons. The van der Waals surface area contributed by atoms with E-state index in [-0.39, 0.29) is 34.9 Å². The van der Waals surface area contributed by atoms with Crippen molar-refractivity contribution in [3.8, 4) is 6.07 Å². The van der Waals surface area contributed by atoms with Crippen LogP contribution in [0.4, 0.5) is 0 Å². The molecule has 0 aromatic heterocycles. The maximum Gasteiger partial charge on any atom is 0.164 e. The van der Waals surface area contributed by atoms with E-state index >= 15 is 0 Å². The lowest BCUT2D eigenvalue weighted by molar-refractivity contribution is -0.128. The fourth-order valence-electron chi connectivity index (χ4n) is 4.02. The van der Waals surface area contributed by atoms with Crippen LogP contribution in [0.1, 0.15) is 39.5 Å². The molecular formula is C14H17NO3. The summed E-state index contributed by atoms with van der Waals surface area (Å²) in [5.74, 6) is -0.0517.